The Balaban J connectivity index is 1.32. The summed E-state index contributed by atoms with van der Waals surface area (Å²) in [5.41, 5.74) is 3.22. The lowest BCUT2D eigenvalue weighted by molar-refractivity contribution is -0.195. The van der Waals surface area contributed by atoms with E-state index in [4.69, 9.17) is 14.2 Å². The molecular weight excluding hydrogens is 496 g/mol. The van der Waals surface area contributed by atoms with Crippen LogP contribution in [0.2, 0.25) is 0 Å². The molecule has 0 heterocycles. The van der Waals surface area contributed by atoms with Gasteiger partial charge in [0.1, 0.15) is 5.75 Å². The van der Waals surface area contributed by atoms with Gasteiger partial charge in [0, 0.05) is 0 Å². The predicted molar refractivity (Wildman–Crippen MR) is 140 cm³/mol. The largest absolute Gasteiger partial charge is 0.491 e. The second-order valence-corrected chi connectivity index (χ2v) is 9.80. The van der Waals surface area contributed by atoms with E-state index in [-0.39, 0.29) is 18.1 Å². The number of alkyl halides is 2. The van der Waals surface area contributed by atoms with E-state index in [1.54, 1.807) is 19.1 Å². The average molecular weight is 531 g/mol. The van der Waals surface area contributed by atoms with Crippen LogP contribution < -0.4 is 14.2 Å². The molecule has 7 heteroatoms. The SMILES string of the molecule is CCCC1CCC(c2ccc(-c3ccc(OC(F)(F)COc4ccc(OCC)c(F)c4F)cc3)cc2)CC1. The highest BCUT2D eigenvalue weighted by Gasteiger charge is 2.34. The standard InChI is InChI=1S/C31H34F4O3/c1-3-5-21-6-8-22(9-7-21)23-10-12-24(13-11-23)25-14-16-26(17-15-25)38-31(34,35)20-37-28-19-18-27(36-4-2)29(32)30(28)33/h10-19,21-22H,3-9,20H2,1-2H3. The van der Waals surface area contributed by atoms with Crippen molar-refractivity contribution in [3.63, 3.8) is 0 Å². The van der Waals surface area contributed by atoms with Crippen molar-refractivity contribution in [3.05, 3.63) is 77.9 Å². The van der Waals surface area contributed by atoms with Gasteiger partial charge < -0.3 is 14.2 Å². The first-order valence-electron chi connectivity index (χ1n) is 13.3. The van der Waals surface area contributed by atoms with E-state index in [0.29, 0.717) is 5.92 Å². The maximum Gasteiger partial charge on any atom is 0.432 e. The van der Waals surface area contributed by atoms with E-state index in [2.05, 4.69) is 31.2 Å². The summed E-state index contributed by atoms with van der Waals surface area (Å²) in [5, 5.41) is 0. The molecule has 0 atom stereocenters. The first-order chi connectivity index (χ1) is 18.3. The van der Waals surface area contributed by atoms with Gasteiger partial charge in [0.25, 0.3) is 0 Å². The van der Waals surface area contributed by atoms with E-state index < -0.39 is 30.1 Å². The highest BCUT2D eigenvalue weighted by atomic mass is 19.3. The molecule has 0 aliphatic heterocycles. The number of ether oxygens (including phenoxy) is 3. The molecule has 1 aliphatic carbocycles. The van der Waals surface area contributed by atoms with Crippen LogP contribution in [0.25, 0.3) is 11.1 Å². The Morgan fingerprint density at radius 3 is 1.84 bits per heavy atom. The second-order valence-electron chi connectivity index (χ2n) is 9.80. The number of benzene rings is 3. The molecule has 0 bridgehead atoms. The first kappa shape index (κ1) is 27.8. The van der Waals surface area contributed by atoms with Crippen LogP contribution in [0.3, 0.4) is 0 Å². The second kappa shape index (κ2) is 12.5. The molecule has 3 aromatic carbocycles. The van der Waals surface area contributed by atoms with Crippen molar-refractivity contribution in [1.29, 1.82) is 0 Å². The first-order valence-corrected chi connectivity index (χ1v) is 13.3. The van der Waals surface area contributed by atoms with Gasteiger partial charge >= 0.3 is 6.11 Å². The topological polar surface area (TPSA) is 27.7 Å². The number of halogens is 4. The van der Waals surface area contributed by atoms with Crippen molar-refractivity contribution in [2.75, 3.05) is 13.2 Å². The Hall–Kier alpha value is -3.22. The Kier molecular flexibility index (Phi) is 9.18. The number of rotatable bonds is 11. The van der Waals surface area contributed by atoms with Crippen molar-refractivity contribution >= 4 is 0 Å². The fraction of sp³-hybridized carbons (Fsp3) is 0.419. The molecule has 3 aromatic rings. The Morgan fingerprint density at radius 1 is 0.737 bits per heavy atom. The highest BCUT2D eigenvalue weighted by Crippen LogP contribution is 2.38. The van der Waals surface area contributed by atoms with Gasteiger partial charge in [0.2, 0.25) is 11.6 Å². The van der Waals surface area contributed by atoms with Gasteiger partial charge in [-0.25, -0.2) is 0 Å². The van der Waals surface area contributed by atoms with Crippen LogP contribution in [0.4, 0.5) is 17.6 Å². The third-order valence-corrected chi connectivity index (χ3v) is 7.09. The van der Waals surface area contributed by atoms with Crippen LogP contribution in [-0.2, 0) is 0 Å². The summed E-state index contributed by atoms with van der Waals surface area (Å²) in [6.45, 7) is 2.70. The predicted octanol–water partition coefficient (Wildman–Crippen LogP) is 9.15. The molecule has 0 radical (unpaired) electrons. The lowest BCUT2D eigenvalue weighted by atomic mass is 9.77. The van der Waals surface area contributed by atoms with Crippen molar-refractivity contribution < 1.29 is 31.8 Å². The molecule has 0 spiro atoms. The molecule has 0 amide bonds. The van der Waals surface area contributed by atoms with Crippen LogP contribution in [0.1, 0.15) is 63.9 Å². The van der Waals surface area contributed by atoms with Gasteiger partial charge in [-0.2, -0.15) is 17.6 Å². The van der Waals surface area contributed by atoms with E-state index in [9.17, 15) is 17.6 Å². The summed E-state index contributed by atoms with van der Waals surface area (Å²) in [4.78, 5) is 0. The molecule has 204 valence electrons. The van der Waals surface area contributed by atoms with Gasteiger partial charge in [0.15, 0.2) is 18.1 Å². The quantitative estimate of drug-likeness (QED) is 0.231. The number of hydrogen-bond donors (Lipinski definition) is 0. The maximum absolute atomic E-state index is 14.4. The summed E-state index contributed by atoms with van der Waals surface area (Å²) < 4.78 is 71.3. The Morgan fingerprint density at radius 2 is 1.29 bits per heavy atom. The lowest BCUT2D eigenvalue weighted by Crippen LogP contribution is -2.32. The van der Waals surface area contributed by atoms with Gasteiger partial charge in [-0.15, -0.1) is 0 Å². The molecule has 3 nitrogen and oxygen atoms in total. The summed E-state index contributed by atoms with van der Waals surface area (Å²) in [6, 6.07) is 16.9. The number of hydrogen-bond acceptors (Lipinski definition) is 3. The minimum Gasteiger partial charge on any atom is -0.491 e. The fourth-order valence-electron chi connectivity index (χ4n) is 5.11. The minimum absolute atomic E-state index is 0.0684. The molecule has 1 saturated carbocycles. The summed E-state index contributed by atoms with van der Waals surface area (Å²) in [6.07, 6.45) is 3.87. The molecule has 0 unspecified atom stereocenters. The summed E-state index contributed by atoms with van der Waals surface area (Å²) in [5.74, 6) is -2.26. The molecular formula is C31H34F4O3. The zero-order valence-corrected chi connectivity index (χ0v) is 21.8. The van der Waals surface area contributed by atoms with Crippen LogP contribution in [0.5, 0.6) is 17.2 Å². The van der Waals surface area contributed by atoms with Crippen LogP contribution in [0, 0.1) is 17.6 Å². The van der Waals surface area contributed by atoms with E-state index in [1.807, 2.05) is 0 Å². The van der Waals surface area contributed by atoms with Gasteiger partial charge in [0.05, 0.1) is 6.61 Å². The summed E-state index contributed by atoms with van der Waals surface area (Å²) >= 11 is 0. The molecule has 38 heavy (non-hydrogen) atoms. The van der Waals surface area contributed by atoms with Gasteiger partial charge in [-0.05, 0) is 85.4 Å². The fourth-order valence-corrected chi connectivity index (χ4v) is 5.11. The van der Waals surface area contributed by atoms with Crippen LogP contribution >= 0.6 is 0 Å². The van der Waals surface area contributed by atoms with Crippen molar-refractivity contribution in [2.24, 2.45) is 5.92 Å². The maximum atomic E-state index is 14.4. The van der Waals surface area contributed by atoms with Crippen LogP contribution in [0.15, 0.2) is 60.7 Å². The summed E-state index contributed by atoms with van der Waals surface area (Å²) in [7, 11) is 0. The third kappa shape index (κ3) is 7.00. The monoisotopic (exact) mass is 530 g/mol. The molecule has 4 rings (SSSR count). The van der Waals surface area contributed by atoms with Gasteiger partial charge in [-0.3, -0.25) is 0 Å². The highest BCUT2D eigenvalue weighted by molar-refractivity contribution is 5.64. The minimum atomic E-state index is -3.76. The van der Waals surface area contributed by atoms with Crippen molar-refractivity contribution in [3.8, 4) is 28.4 Å². The Labute approximate surface area is 221 Å². The third-order valence-electron chi connectivity index (χ3n) is 7.09. The van der Waals surface area contributed by atoms with E-state index in [0.717, 1.165) is 29.2 Å². The zero-order chi connectivity index (χ0) is 27.1. The smallest absolute Gasteiger partial charge is 0.432 e. The zero-order valence-electron chi connectivity index (χ0n) is 21.8. The molecule has 0 aromatic heterocycles. The average Bonchev–Trinajstić information content (AvgIpc) is 2.92. The van der Waals surface area contributed by atoms with Crippen LogP contribution in [-0.4, -0.2) is 19.3 Å². The lowest BCUT2D eigenvalue weighted by Gasteiger charge is -2.28. The van der Waals surface area contributed by atoms with E-state index >= 15 is 0 Å². The normalized spacial score (nSPS) is 17.7. The molecule has 0 saturated heterocycles. The van der Waals surface area contributed by atoms with Crippen molar-refractivity contribution in [2.45, 2.75) is 64.4 Å². The van der Waals surface area contributed by atoms with Crippen molar-refractivity contribution in [1.82, 2.24) is 0 Å². The van der Waals surface area contributed by atoms with E-state index in [1.165, 1.54) is 56.2 Å². The Bertz CT molecular complexity index is 1170. The molecule has 0 N–H and O–H groups in total. The molecule has 1 aliphatic rings. The molecule has 1 fully saturated rings. The van der Waals surface area contributed by atoms with Gasteiger partial charge in [-0.1, -0.05) is 56.2 Å².